The van der Waals surface area contributed by atoms with Crippen LogP contribution in [0.1, 0.15) is 120 Å². The number of hydrogen-bond donors (Lipinski definition) is 0. The maximum atomic E-state index is 2.43. The van der Waals surface area contributed by atoms with Gasteiger partial charge in [0.25, 0.3) is 0 Å². The second-order valence-electron chi connectivity index (χ2n) is 9.50. The molecule has 0 rings (SSSR count). The average molecular weight is 459 g/mol. The first-order valence-corrected chi connectivity index (χ1v) is 12.1. The Morgan fingerprint density at radius 3 is 0.839 bits per heavy atom. The summed E-state index contributed by atoms with van der Waals surface area (Å²) in [6, 6.07) is 0. The smallest absolute Gasteiger partial charge is 0 e. The first-order valence-electron chi connectivity index (χ1n) is 12.1. The molecule has 0 fully saturated rings. The quantitative estimate of drug-likeness (QED) is 0.130. The van der Waals surface area contributed by atoms with E-state index in [2.05, 4.69) is 91.8 Å². The third-order valence-electron chi connectivity index (χ3n) is 5.40. The maximum absolute atomic E-state index is 2.43. The van der Waals surface area contributed by atoms with Crippen molar-refractivity contribution in [2.45, 2.75) is 120 Å². The van der Waals surface area contributed by atoms with Gasteiger partial charge in [0.05, 0.1) is 0 Å². The summed E-state index contributed by atoms with van der Waals surface area (Å²) in [6.07, 6.45) is 26.2. The van der Waals surface area contributed by atoms with E-state index in [1.165, 1.54) is 97.6 Å². The molecule has 0 amide bonds. The molecule has 0 aliphatic carbocycles. The van der Waals surface area contributed by atoms with Gasteiger partial charge in [0.2, 0.25) is 0 Å². The van der Waals surface area contributed by atoms with E-state index in [0.29, 0.717) is 0 Å². The van der Waals surface area contributed by atoms with Gasteiger partial charge in [-0.05, 0) is 120 Å². The minimum Gasteiger partial charge on any atom is -0.0856 e. The standard InChI is InChI=1S/C30H50.Ti/c1-25(2)15-11-19-29(7)23-13-21-27(5)17-9-10-18-28(6)22-14-24-30(8)20-12-16-26(3)4;/h15-18,23-24H,9-14,19-22H2,1-8H3;/b27-17+,28-18+,29-23+,30-24+;. The second kappa shape index (κ2) is 21.0. The zero-order valence-corrected chi connectivity index (χ0v) is 23.6. The van der Waals surface area contributed by atoms with Crippen LogP contribution in [-0.4, -0.2) is 0 Å². The maximum Gasteiger partial charge on any atom is 0 e. The van der Waals surface area contributed by atoms with E-state index in [-0.39, 0.29) is 21.7 Å². The summed E-state index contributed by atoms with van der Waals surface area (Å²) < 4.78 is 0. The van der Waals surface area contributed by atoms with Crippen molar-refractivity contribution in [3.05, 3.63) is 69.9 Å². The van der Waals surface area contributed by atoms with Crippen LogP contribution >= 0.6 is 0 Å². The minimum absolute atomic E-state index is 0. The predicted molar refractivity (Wildman–Crippen MR) is 140 cm³/mol. The van der Waals surface area contributed by atoms with Gasteiger partial charge in [-0.15, -0.1) is 0 Å². The van der Waals surface area contributed by atoms with Crippen molar-refractivity contribution in [1.29, 1.82) is 0 Å². The van der Waals surface area contributed by atoms with E-state index in [0.717, 1.165) is 0 Å². The van der Waals surface area contributed by atoms with Crippen LogP contribution in [0.2, 0.25) is 0 Å². The van der Waals surface area contributed by atoms with E-state index in [9.17, 15) is 0 Å². The molecule has 0 aromatic carbocycles. The molecule has 0 nitrogen and oxygen atoms in total. The van der Waals surface area contributed by atoms with Crippen molar-refractivity contribution in [3.8, 4) is 0 Å². The van der Waals surface area contributed by atoms with Gasteiger partial charge >= 0.3 is 0 Å². The zero-order valence-electron chi connectivity index (χ0n) is 22.0. The molecule has 0 spiro atoms. The molecule has 0 atom stereocenters. The number of allylic oxidation sites excluding steroid dienone is 12. The Kier molecular flexibility index (Phi) is 21.9. The van der Waals surface area contributed by atoms with Gasteiger partial charge in [-0.25, -0.2) is 0 Å². The molecule has 0 aromatic rings. The van der Waals surface area contributed by atoms with Crippen LogP contribution in [0.25, 0.3) is 0 Å². The summed E-state index contributed by atoms with van der Waals surface area (Å²) in [5, 5.41) is 0. The SMILES string of the molecule is CC(C)=CCC/C(C)=C/CC/C(C)=C/CC/C=C(\C)CC/C=C(\C)CCC=C(C)C.[Ti]. The van der Waals surface area contributed by atoms with Gasteiger partial charge in [0.15, 0.2) is 0 Å². The predicted octanol–water partition coefficient (Wildman–Crippen LogP) is 10.6. The Morgan fingerprint density at radius 1 is 0.355 bits per heavy atom. The number of hydrogen-bond acceptors (Lipinski definition) is 0. The van der Waals surface area contributed by atoms with Crippen LogP contribution in [-0.2, 0) is 21.7 Å². The summed E-state index contributed by atoms with van der Waals surface area (Å²) in [5.74, 6) is 0. The fraction of sp³-hybridized carbons (Fsp3) is 0.600. The molecule has 1 heteroatoms. The summed E-state index contributed by atoms with van der Waals surface area (Å²) in [4.78, 5) is 0. The minimum atomic E-state index is 0. The van der Waals surface area contributed by atoms with Gasteiger partial charge in [0, 0.05) is 21.7 Å². The molecule has 0 unspecified atom stereocenters. The van der Waals surface area contributed by atoms with Crippen molar-refractivity contribution in [2.75, 3.05) is 0 Å². The van der Waals surface area contributed by atoms with Crippen LogP contribution in [0.4, 0.5) is 0 Å². The van der Waals surface area contributed by atoms with Crippen molar-refractivity contribution in [2.24, 2.45) is 0 Å². The van der Waals surface area contributed by atoms with Crippen LogP contribution in [0.15, 0.2) is 69.9 Å². The van der Waals surface area contributed by atoms with Crippen molar-refractivity contribution < 1.29 is 21.7 Å². The van der Waals surface area contributed by atoms with Crippen molar-refractivity contribution in [3.63, 3.8) is 0 Å². The Hall–Kier alpha value is -0.846. The van der Waals surface area contributed by atoms with E-state index < -0.39 is 0 Å². The summed E-state index contributed by atoms with van der Waals surface area (Å²) in [6.45, 7) is 17.8. The summed E-state index contributed by atoms with van der Waals surface area (Å²) >= 11 is 0. The van der Waals surface area contributed by atoms with E-state index >= 15 is 0 Å². The molecule has 0 aliphatic heterocycles. The first kappa shape index (κ1) is 32.3. The van der Waals surface area contributed by atoms with Crippen molar-refractivity contribution in [1.82, 2.24) is 0 Å². The summed E-state index contributed by atoms with van der Waals surface area (Å²) in [5.41, 5.74) is 8.97. The molecule has 0 heterocycles. The fourth-order valence-electron chi connectivity index (χ4n) is 3.34. The molecule has 0 radical (unpaired) electrons. The number of unbranched alkanes of at least 4 members (excludes halogenated alkanes) is 1. The van der Waals surface area contributed by atoms with Crippen LogP contribution in [0, 0.1) is 0 Å². The normalized spacial score (nSPS) is 13.0. The molecule has 31 heavy (non-hydrogen) atoms. The largest absolute Gasteiger partial charge is 0.0856 e. The third-order valence-corrected chi connectivity index (χ3v) is 5.40. The van der Waals surface area contributed by atoms with Gasteiger partial charge in [-0.3, -0.25) is 0 Å². The zero-order chi connectivity index (χ0) is 22.8. The molecule has 0 aromatic heterocycles. The third kappa shape index (κ3) is 23.6. The molecule has 0 bridgehead atoms. The molecule has 0 saturated heterocycles. The van der Waals surface area contributed by atoms with Crippen LogP contribution < -0.4 is 0 Å². The fourth-order valence-corrected chi connectivity index (χ4v) is 3.34. The van der Waals surface area contributed by atoms with Crippen LogP contribution in [0.5, 0.6) is 0 Å². The van der Waals surface area contributed by atoms with E-state index in [1.807, 2.05) is 0 Å². The molecule has 0 aliphatic rings. The Labute approximate surface area is 210 Å². The Bertz CT molecular complexity index is 584. The molecule has 0 saturated carbocycles. The topological polar surface area (TPSA) is 0 Å². The van der Waals surface area contributed by atoms with E-state index in [1.54, 1.807) is 0 Å². The molecule has 0 N–H and O–H groups in total. The Balaban J connectivity index is 0. The monoisotopic (exact) mass is 458 g/mol. The molecular weight excluding hydrogens is 408 g/mol. The summed E-state index contributed by atoms with van der Waals surface area (Å²) in [7, 11) is 0. The molecular formula is C30H50Ti. The molecule has 174 valence electrons. The number of rotatable bonds is 15. The first-order chi connectivity index (χ1) is 14.2. The Morgan fingerprint density at radius 2 is 0.581 bits per heavy atom. The van der Waals surface area contributed by atoms with E-state index in [4.69, 9.17) is 0 Å². The van der Waals surface area contributed by atoms with Gasteiger partial charge in [-0.1, -0.05) is 69.9 Å². The van der Waals surface area contributed by atoms with Gasteiger partial charge in [0.1, 0.15) is 0 Å². The van der Waals surface area contributed by atoms with Crippen LogP contribution in [0.3, 0.4) is 0 Å². The average Bonchev–Trinajstić information content (AvgIpc) is 2.64. The second-order valence-corrected chi connectivity index (χ2v) is 9.50. The van der Waals surface area contributed by atoms with Crippen molar-refractivity contribution >= 4 is 0 Å². The van der Waals surface area contributed by atoms with Gasteiger partial charge < -0.3 is 0 Å². The van der Waals surface area contributed by atoms with Gasteiger partial charge in [-0.2, -0.15) is 0 Å².